The van der Waals surface area contributed by atoms with Gasteiger partial charge in [-0.1, -0.05) is 13.3 Å². The van der Waals surface area contributed by atoms with Crippen LogP contribution in [0, 0.1) is 0 Å². The molecule has 8 nitrogen and oxygen atoms in total. The minimum absolute atomic E-state index is 0.0628. The van der Waals surface area contributed by atoms with Crippen LogP contribution in [0.3, 0.4) is 0 Å². The number of hydrogen-bond donors (Lipinski definition) is 4. The topological polar surface area (TPSA) is 120 Å². The van der Waals surface area contributed by atoms with Crippen molar-refractivity contribution in [1.29, 1.82) is 0 Å². The zero-order valence-electron chi connectivity index (χ0n) is 14.0. The zero-order chi connectivity index (χ0) is 16.9. The highest BCUT2D eigenvalue weighted by Gasteiger charge is 2.14. The second-order valence-corrected chi connectivity index (χ2v) is 5.43. The Bertz CT molecular complexity index is 421. The van der Waals surface area contributed by atoms with Gasteiger partial charge in [-0.15, -0.1) is 0 Å². The fourth-order valence-electron chi connectivity index (χ4n) is 2.19. The minimum atomic E-state index is -0.241. The fourth-order valence-corrected chi connectivity index (χ4v) is 2.19. The molecule has 1 aromatic heterocycles. The van der Waals surface area contributed by atoms with Gasteiger partial charge in [0, 0.05) is 19.6 Å². The van der Waals surface area contributed by atoms with Crippen LogP contribution in [-0.4, -0.2) is 64.6 Å². The van der Waals surface area contributed by atoms with Crippen LogP contribution in [-0.2, 0) is 0 Å². The smallest absolute Gasteiger partial charge is 0.228 e. The van der Waals surface area contributed by atoms with E-state index in [1.807, 2.05) is 4.90 Å². The van der Waals surface area contributed by atoms with E-state index in [4.69, 9.17) is 10.8 Å². The van der Waals surface area contributed by atoms with Gasteiger partial charge in [-0.25, -0.2) is 9.97 Å². The fraction of sp³-hybridized carbons (Fsp3) is 0.800. The van der Waals surface area contributed by atoms with Gasteiger partial charge < -0.3 is 26.2 Å². The van der Waals surface area contributed by atoms with Gasteiger partial charge in [-0.3, -0.25) is 0 Å². The molecule has 1 aromatic rings. The van der Waals surface area contributed by atoms with E-state index in [1.54, 1.807) is 0 Å². The first-order valence-electron chi connectivity index (χ1n) is 8.34. The van der Waals surface area contributed by atoms with Crippen LogP contribution < -0.4 is 16.0 Å². The number of unbranched alkanes of at least 4 members (excludes halogenated alkanes) is 1. The van der Waals surface area contributed by atoms with Crippen LogP contribution in [0.4, 0.5) is 5.95 Å². The van der Waals surface area contributed by atoms with Crippen molar-refractivity contribution in [2.45, 2.75) is 38.6 Å². The molecule has 0 aliphatic carbocycles. The van der Waals surface area contributed by atoms with Crippen molar-refractivity contribution in [1.82, 2.24) is 20.3 Å². The summed E-state index contributed by atoms with van der Waals surface area (Å²) >= 11 is 0. The average Bonchev–Trinajstić information content (AvgIpc) is 2.58. The van der Waals surface area contributed by atoms with E-state index in [9.17, 15) is 5.11 Å². The van der Waals surface area contributed by atoms with E-state index < -0.39 is 0 Å². The van der Waals surface area contributed by atoms with E-state index in [2.05, 4.69) is 27.2 Å². The van der Waals surface area contributed by atoms with Crippen molar-refractivity contribution in [3.8, 4) is 0 Å². The highest BCUT2D eigenvalue weighted by Crippen LogP contribution is 2.14. The van der Waals surface area contributed by atoms with Crippen LogP contribution in [0.25, 0.3) is 0 Å². The highest BCUT2D eigenvalue weighted by atomic mass is 16.3. The van der Waals surface area contributed by atoms with Crippen LogP contribution >= 0.6 is 0 Å². The first kappa shape index (κ1) is 19.7. The van der Waals surface area contributed by atoms with Gasteiger partial charge in [-0.05, 0) is 25.8 Å². The third-order valence-electron chi connectivity index (χ3n) is 3.50. The lowest BCUT2D eigenvalue weighted by molar-refractivity contribution is 0.291. The highest BCUT2D eigenvalue weighted by molar-refractivity contribution is 5.28. The number of anilines is 1. The molecular formula is C15H30N6O2. The van der Waals surface area contributed by atoms with E-state index in [-0.39, 0.29) is 19.3 Å². The van der Waals surface area contributed by atoms with Crippen molar-refractivity contribution in [3.63, 3.8) is 0 Å². The molecule has 0 saturated carbocycles. The molecule has 0 fully saturated rings. The molecule has 0 amide bonds. The Balaban J connectivity index is 2.59. The SMILES string of the molecule is CCCCN(CCO)c1ncnc(C(N)CCCNCCO)n1. The second kappa shape index (κ2) is 12.1. The molecule has 1 atom stereocenters. The Labute approximate surface area is 138 Å². The van der Waals surface area contributed by atoms with Crippen LogP contribution in [0.1, 0.15) is 44.5 Å². The molecule has 1 unspecified atom stereocenters. The van der Waals surface area contributed by atoms with Gasteiger partial charge in [-0.2, -0.15) is 4.98 Å². The molecule has 8 heteroatoms. The number of aliphatic hydroxyl groups is 2. The normalized spacial score (nSPS) is 12.3. The Morgan fingerprint density at radius 2 is 2.00 bits per heavy atom. The maximum Gasteiger partial charge on any atom is 0.228 e. The Hall–Kier alpha value is -1.35. The first-order valence-corrected chi connectivity index (χ1v) is 8.34. The summed E-state index contributed by atoms with van der Waals surface area (Å²) in [6.07, 6.45) is 5.22. The van der Waals surface area contributed by atoms with Crippen LogP contribution in [0.15, 0.2) is 6.33 Å². The summed E-state index contributed by atoms with van der Waals surface area (Å²) in [6.45, 7) is 5.04. The van der Waals surface area contributed by atoms with E-state index in [0.717, 1.165) is 38.8 Å². The van der Waals surface area contributed by atoms with Crippen LogP contribution in [0.5, 0.6) is 0 Å². The Morgan fingerprint density at radius 3 is 2.70 bits per heavy atom. The molecule has 0 bridgehead atoms. The molecule has 132 valence electrons. The maximum atomic E-state index is 9.20. The van der Waals surface area contributed by atoms with Gasteiger partial charge in [0.2, 0.25) is 5.95 Å². The van der Waals surface area contributed by atoms with Gasteiger partial charge >= 0.3 is 0 Å². The van der Waals surface area contributed by atoms with Crippen molar-refractivity contribution < 1.29 is 10.2 Å². The lowest BCUT2D eigenvalue weighted by Crippen LogP contribution is -2.30. The summed E-state index contributed by atoms with van der Waals surface area (Å²) < 4.78 is 0. The van der Waals surface area contributed by atoms with E-state index >= 15 is 0 Å². The molecule has 0 spiro atoms. The molecule has 1 heterocycles. The van der Waals surface area contributed by atoms with Gasteiger partial charge in [0.25, 0.3) is 0 Å². The molecule has 1 rings (SSSR count). The summed E-state index contributed by atoms with van der Waals surface area (Å²) in [4.78, 5) is 14.8. The monoisotopic (exact) mass is 326 g/mol. The molecule has 0 radical (unpaired) electrons. The number of aromatic nitrogens is 3. The predicted octanol–water partition coefficient (Wildman–Crippen LogP) is -0.168. The Kier molecular flexibility index (Phi) is 10.4. The third kappa shape index (κ3) is 7.65. The number of nitrogens with one attached hydrogen (secondary N) is 1. The minimum Gasteiger partial charge on any atom is -0.395 e. The van der Waals surface area contributed by atoms with Crippen molar-refractivity contribution >= 4 is 5.95 Å². The second-order valence-electron chi connectivity index (χ2n) is 5.43. The molecule has 0 saturated heterocycles. The molecule has 0 aromatic carbocycles. The quantitative estimate of drug-likeness (QED) is 0.369. The van der Waals surface area contributed by atoms with E-state index in [0.29, 0.717) is 24.9 Å². The number of nitrogens with two attached hydrogens (primary N) is 1. The molecule has 5 N–H and O–H groups in total. The van der Waals surface area contributed by atoms with Crippen LogP contribution in [0.2, 0.25) is 0 Å². The standard InChI is InChI=1S/C15H30N6O2/c1-2-3-8-21(9-11-23)15-19-12-18-14(20-15)13(16)5-4-6-17-7-10-22/h12-13,17,22-23H,2-11,16H2,1H3. The predicted molar refractivity (Wildman–Crippen MR) is 90.2 cm³/mol. The van der Waals surface area contributed by atoms with Crippen molar-refractivity contribution in [3.05, 3.63) is 12.2 Å². The summed E-state index contributed by atoms with van der Waals surface area (Å²) in [5, 5.41) is 21.0. The summed E-state index contributed by atoms with van der Waals surface area (Å²) in [6, 6.07) is -0.241. The largest absolute Gasteiger partial charge is 0.395 e. The number of nitrogens with zero attached hydrogens (tertiary/aromatic N) is 4. The lowest BCUT2D eigenvalue weighted by atomic mass is 10.1. The summed E-state index contributed by atoms with van der Waals surface area (Å²) in [5.74, 6) is 1.16. The number of rotatable bonds is 13. The Morgan fingerprint density at radius 1 is 1.17 bits per heavy atom. The van der Waals surface area contributed by atoms with Gasteiger partial charge in [0.05, 0.1) is 19.3 Å². The molecule has 0 aliphatic rings. The van der Waals surface area contributed by atoms with Gasteiger partial charge in [0.1, 0.15) is 6.33 Å². The molecular weight excluding hydrogens is 296 g/mol. The zero-order valence-corrected chi connectivity index (χ0v) is 14.0. The van der Waals surface area contributed by atoms with Crippen molar-refractivity contribution in [2.75, 3.05) is 44.3 Å². The first-order chi connectivity index (χ1) is 11.2. The lowest BCUT2D eigenvalue weighted by Gasteiger charge is -2.22. The third-order valence-corrected chi connectivity index (χ3v) is 3.50. The number of hydrogen-bond acceptors (Lipinski definition) is 8. The van der Waals surface area contributed by atoms with Crippen molar-refractivity contribution in [2.24, 2.45) is 5.73 Å². The summed E-state index contributed by atoms with van der Waals surface area (Å²) in [7, 11) is 0. The number of aliphatic hydroxyl groups excluding tert-OH is 2. The summed E-state index contributed by atoms with van der Waals surface area (Å²) in [5.41, 5.74) is 6.16. The van der Waals surface area contributed by atoms with Gasteiger partial charge in [0.15, 0.2) is 5.82 Å². The average molecular weight is 326 g/mol. The molecule has 0 aliphatic heterocycles. The molecule has 23 heavy (non-hydrogen) atoms. The van der Waals surface area contributed by atoms with E-state index in [1.165, 1.54) is 6.33 Å². The maximum absolute atomic E-state index is 9.20.